The zero-order valence-corrected chi connectivity index (χ0v) is 28.0. The molecule has 0 atom stereocenters. The standard InChI is InChI=1S/C50H28O2/c1-3-15-36-30(11-1)42(32-23-25-46-49-38(32)17-9-19-40(49)34-13-5-7-21-44(34)51-46)27-29-28-43(31-12-2-4-16-37(31)48(29)36)33-24-26-47-50-39(33)18-10-20-41(50)35-14-6-8-22-45(35)52-47/h1-28H. The van der Waals surface area contributed by atoms with Gasteiger partial charge in [0.2, 0.25) is 0 Å². The van der Waals surface area contributed by atoms with Crippen LogP contribution in [0, 0.1) is 0 Å². The van der Waals surface area contributed by atoms with Crippen molar-refractivity contribution in [2.75, 3.05) is 0 Å². The number of fused-ring (bicyclic) bond motifs is 9. The van der Waals surface area contributed by atoms with Crippen molar-refractivity contribution in [3.05, 3.63) is 170 Å². The molecular weight excluding hydrogens is 633 g/mol. The summed E-state index contributed by atoms with van der Waals surface area (Å²) in [4.78, 5) is 0. The molecule has 2 aliphatic heterocycles. The molecule has 0 bridgehead atoms. The van der Waals surface area contributed by atoms with E-state index in [4.69, 9.17) is 9.47 Å². The Hall–Kier alpha value is -6.90. The van der Waals surface area contributed by atoms with Gasteiger partial charge in [0.05, 0.1) is 0 Å². The predicted molar refractivity (Wildman–Crippen MR) is 216 cm³/mol. The van der Waals surface area contributed by atoms with Gasteiger partial charge >= 0.3 is 0 Å². The summed E-state index contributed by atoms with van der Waals surface area (Å²) in [7, 11) is 0. The lowest BCUT2D eigenvalue weighted by Crippen LogP contribution is -1.98. The Morgan fingerprint density at radius 1 is 0.231 bits per heavy atom. The van der Waals surface area contributed by atoms with Crippen LogP contribution in [0.2, 0.25) is 0 Å². The summed E-state index contributed by atoms with van der Waals surface area (Å²) in [6.45, 7) is 0. The van der Waals surface area contributed by atoms with E-state index in [0.29, 0.717) is 0 Å². The van der Waals surface area contributed by atoms with Crippen LogP contribution in [0.1, 0.15) is 0 Å². The fourth-order valence-corrected chi connectivity index (χ4v) is 9.06. The average Bonchev–Trinajstić information content (AvgIpc) is 3.21. The molecule has 0 aliphatic carbocycles. The maximum absolute atomic E-state index is 6.49. The zero-order valence-electron chi connectivity index (χ0n) is 28.0. The van der Waals surface area contributed by atoms with Crippen molar-refractivity contribution >= 4 is 53.9 Å². The molecule has 52 heavy (non-hydrogen) atoms. The summed E-state index contributed by atoms with van der Waals surface area (Å²) in [6.07, 6.45) is 0. The first kappa shape index (κ1) is 27.9. The third-order valence-electron chi connectivity index (χ3n) is 11.2. The van der Waals surface area contributed by atoms with E-state index in [1.807, 2.05) is 12.1 Å². The first-order valence-corrected chi connectivity index (χ1v) is 17.8. The van der Waals surface area contributed by atoms with Crippen molar-refractivity contribution in [2.24, 2.45) is 0 Å². The molecule has 10 aromatic carbocycles. The highest BCUT2D eigenvalue weighted by Crippen LogP contribution is 2.52. The Bertz CT molecular complexity index is 2980. The van der Waals surface area contributed by atoms with Gasteiger partial charge in [0.1, 0.15) is 23.0 Å². The molecule has 0 unspecified atom stereocenters. The summed E-state index contributed by atoms with van der Waals surface area (Å²) in [5, 5.41) is 12.2. The van der Waals surface area contributed by atoms with Crippen molar-refractivity contribution in [1.82, 2.24) is 0 Å². The smallest absolute Gasteiger partial charge is 0.135 e. The Balaban J connectivity index is 1.16. The normalized spacial score (nSPS) is 12.5. The third kappa shape index (κ3) is 3.73. The van der Waals surface area contributed by atoms with Crippen LogP contribution in [-0.2, 0) is 0 Å². The molecule has 0 fully saturated rings. The number of para-hydroxylation sites is 2. The Labute approximate surface area is 299 Å². The summed E-state index contributed by atoms with van der Waals surface area (Å²) >= 11 is 0. The largest absolute Gasteiger partial charge is 0.456 e. The van der Waals surface area contributed by atoms with Gasteiger partial charge in [0.15, 0.2) is 0 Å². The molecule has 0 radical (unpaired) electrons. The van der Waals surface area contributed by atoms with Crippen LogP contribution < -0.4 is 9.47 Å². The molecule has 0 N–H and O–H groups in total. The van der Waals surface area contributed by atoms with Gasteiger partial charge in [0, 0.05) is 21.9 Å². The maximum atomic E-state index is 6.49. The van der Waals surface area contributed by atoms with Crippen LogP contribution in [0.25, 0.3) is 98.4 Å². The van der Waals surface area contributed by atoms with Crippen molar-refractivity contribution in [2.45, 2.75) is 0 Å². The zero-order chi connectivity index (χ0) is 33.9. The van der Waals surface area contributed by atoms with E-state index in [9.17, 15) is 0 Å². The van der Waals surface area contributed by atoms with Gasteiger partial charge in [-0.1, -0.05) is 133 Å². The lowest BCUT2D eigenvalue weighted by Gasteiger charge is -2.23. The van der Waals surface area contributed by atoms with E-state index >= 15 is 0 Å². The SMILES string of the molecule is c1ccc2c(c1)Oc1ccc(-c3cc4cc(-c5ccc6c7c(cccc57)-c5ccccc5O6)c5ccccc5c4c4ccccc34)c3cccc-2c13. The van der Waals surface area contributed by atoms with Crippen molar-refractivity contribution in [3.8, 4) is 67.5 Å². The molecule has 2 nitrogen and oxygen atoms in total. The first-order valence-electron chi connectivity index (χ1n) is 17.8. The van der Waals surface area contributed by atoms with Crippen molar-refractivity contribution in [1.29, 1.82) is 0 Å². The molecule has 12 rings (SSSR count). The molecule has 2 heterocycles. The first-order chi connectivity index (χ1) is 25.8. The van der Waals surface area contributed by atoms with E-state index < -0.39 is 0 Å². The number of benzene rings is 10. The topological polar surface area (TPSA) is 18.5 Å². The second-order valence-corrected chi connectivity index (χ2v) is 13.9. The van der Waals surface area contributed by atoms with E-state index in [2.05, 4.69) is 158 Å². The van der Waals surface area contributed by atoms with Crippen LogP contribution >= 0.6 is 0 Å². The highest BCUT2D eigenvalue weighted by atomic mass is 16.5. The Morgan fingerprint density at radius 2 is 0.635 bits per heavy atom. The molecule has 0 saturated heterocycles. The molecule has 10 aromatic rings. The van der Waals surface area contributed by atoms with Gasteiger partial charge in [0.25, 0.3) is 0 Å². The minimum absolute atomic E-state index is 0.903. The van der Waals surface area contributed by atoms with E-state index in [1.54, 1.807) is 0 Å². The molecule has 240 valence electrons. The quantitative estimate of drug-likeness (QED) is 0.172. The summed E-state index contributed by atoms with van der Waals surface area (Å²) in [5.41, 5.74) is 9.53. The minimum atomic E-state index is 0.903. The molecule has 0 amide bonds. The average molecular weight is 661 g/mol. The fraction of sp³-hybridized carbons (Fsp3) is 0. The van der Waals surface area contributed by atoms with Crippen LogP contribution in [0.3, 0.4) is 0 Å². The van der Waals surface area contributed by atoms with Gasteiger partial charge < -0.3 is 9.47 Å². The molecular formula is C50H28O2. The fourth-order valence-electron chi connectivity index (χ4n) is 9.06. The van der Waals surface area contributed by atoms with E-state index in [0.717, 1.165) is 44.9 Å². The van der Waals surface area contributed by atoms with Gasteiger partial charge in [-0.25, -0.2) is 0 Å². The van der Waals surface area contributed by atoms with E-state index in [-0.39, 0.29) is 0 Å². The Kier molecular flexibility index (Phi) is 5.53. The van der Waals surface area contributed by atoms with Crippen LogP contribution in [0.4, 0.5) is 0 Å². The number of rotatable bonds is 2. The number of hydrogen-bond acceptors (Lipinski definition) is 2. The summed E-state index contributed by atoms with van der Waals surface area (Å²) in [5.74, 6) is 3.61. The lowest BCUT2D eigenvalue weighted by atomic mass is 9.84. The lowest BCUT2D eigenvalue weighted by molar-refractivity contribution is 0.487. The van der Waals surface area contributed by atoms with Crippen LogP contribution in [-0.4, -0.2) is 0 Å². The molecule has 0 aromatic heterocycles. The van der Waals surface area contributed by atoms with Crippen molar-refractivity contribution in [3.63, 3.8) is 0 Å². The summed E-state index contributed by atoms with van der Waals surface area (Å²) < 4.78 is 13.0. The second kappa shape index (κ2) is 10.3. The van der Waals surface area contributed by atoms with E-state index in [1.165, 1.54) is 76.5 Å². The predicted octanol–water partition coefficient (Wildman–Crippen LogP) is 14.3. The molecule has 2 aliphatic rings. The highest BCUT2D eigenvalue weighted by molar-refractivity contribution is 6.28. The third-order valence-corrected chi connectivity index (χ3v) is 11.2. The van der Waals surface area contributed by atoms with Crippen LogP contribution in [0.5, 0.6) is 23.0 Å². The Morgan fingerprint density at radius 3 is 1.13 bits per heavy atom. The minimum Gasteiger partial charge on any atom is -0.456 e. The van der Waals surface area contributed by atoms with Gasteiger partial charge in [-0.05, 0) is 113 Å². The van der Waals surface area contributed by atoms with Crippen molar-refractivity contribution < 1.29 is 9.47 Å². The van der Waals surface area contributed by atoms with Gasteiger partial charge in [-0.3, -0.25) is 0 Å². The molecule has 0 spiro atoms. The highest BCUT2D eigenvalue weighted by Gasteiger charge is 2.24. The molecule has 2 heteroatoms. The second-order valence-electron chi connectivity index (χ2n) is 13.9. The van der Waals surface area contributed by atoms with Crippen LogP contribution in [0.15, 0.2) is 170 Å². The maximum Gasteiger partial charge on any atom is 0.135 e. The van der Waals surface area contributed by atoms with Gasteiger partial charge in [-0.2, -0.15) is 0 Å². The number of ether oxygens (including phenoxy) is 2. The molecule has 0 saturated carbocycles. The number of hydrogen-bond donors (Lipinski definition) is 0. The van der Waals surface area contributed by atoms with Gasteiger partial charge in [-0.15, -0.1) is 0 Å². The monoisotopic (exact) mass is 660 g/mol. The summed E-state index contributed by atoms with van der Waals surface area (Å²) in [6, 6.07) is 61.4.